The van der Waals surface area contributed by atoms with Crippen molar-refractivity contribution < 1.29 is 121 Å². The maximum absolute atomic E-state index is 14.3. The van der Waals surface area contributed by atoms with Gasteiger partial charge in [-0.3, -0.25) is 96.1 Å². The molecule has 48 heteroatoms. The Morgan fingerprint density at radius 1 is 0.398 bits per heavy atom. The van der Waals surface area contributed by atoms with E-state index in [1.165, 1.54) is 18.7 Å². The lowest BCUT2D eigenvalue weighted by molar-refractivity contribution is -0.144. The highest BCUT2D eigenvalue weighted by molar-refractivity contribution is 7.98. The topological polar surface area (TPSA) is 805 Å². The fourth-order valence-corrected chi connectivity index (χ4v) is 12.2. The number of aliphatic hydroxyl groups excluding tert-OH is 1. The summed E-state index contributed by atoms with van der Waals surface area (Å²) in [6.45, 7) is 8.34. The number of nitrogens with one attached hydrogen (secondary N) is 14. The Morgan fingerprint density at radius 3 is 1.24 bits per heavy atom. The molecule has 15 atom stereocenters. The van der Waals surface area contributed by atoms with Crippen LogP contribution in [0.2, 0.25) is 0 Å². The third-order valence-electron chi connectivity index (χ3n) is 18.2. The van der Waals surface area contributed by atoms with Crippen LogP contribution >= 0.6 is 11.8 Å². The number of hydrogen-bond acceptors (Lipinski definition) is 26. The second-order valence-corrected chi connectivity index (χ2v) is 30.9. The van der Waals surface area contributed by atoms with Gasteiger partial charge in [0.2, 0.25) is 94.5 Å². The number of nitrogens with zero attached hydrogens (tertiary/aromatic N) is 1. The van der Waals surface area contributed by atoms with E-state index in [-0.39, 0.29) is 114 Å². The molecule has 0 bridgehead atoms. The number of aliphatic hydroxyl groups is 1. The number of amides is 16. The number of carbonyl (C=O) groups is 20. The zero-order valence-electron chi connectivity index (χ0n) is 70.0. The quantitative estimate of drug-likeness (QED) is 0.0164. The van der Waals surface area contributed by atoms with Crippen LogP contribution in [-0.4, -0.2) is 279 Å². The summed E-state index contributed by atoms with van der Waals surface area (Å²) in [5.41, 5.74) is 39.6. The lowest BCUT2D eigenvalue weighted by Gasteiger charge is -2.28. The summed E-state index contributed by atoms with van der Waals surface area (Å²) in [7, 11) is 0. The maximum atomic E-state index is 14.3. The average Bonchev–Trinajstić information content (AvgIpc) is 0.753. The minimum absolute atomic E-state index is 0.00832. The minimum Gasteiger partial charge on any atom is -0.481 e. The molecule has 0 aromatic heterocycles. The number of carboxylic acids is 4. The van der Waals surface area contributed by atoms with Gasteiger partial charge in [-0.25, -0.2) is 4.79 Å². The first-order valence-corrected chi connectivity index (χ1v) is 41.2. The highest BCUT2D eigenvalue weighted by Crippen LogP contribution is 2.15. The van der Waals surface area contributed by atoms with Crippen LogP contribution < -0.4 is 115 Å². The number of hydrogen-bond donors (Lipinski definition) is 26. The number of benzene rings is 1. The minimum atomic E-state index is -2.19. The van der Waals surface area contributed by atoms with E-state index in [9.17, 15) is 116 Å². The third kappa shape index (κ3) is 45.5. The number of carbonyl (C=O) groups excluding carboxylic acids is 16. The highest BCUT2D eigenvalue weighted by Gasteiger charge is 2.39. The molecule has 1 rings (SSSR count). The van der Waals surface area contributed by atoms with Crippen molar-refractivity contribution in [1.29, 1.82) is 0 Å². The molecule has 16 amide bonds. The molecule has 0 saturated heterocycles. The van der Waals surface area contributed by atoms with Crippen LogP contribution in [0.5, 0.6) is 0 Å². The van der Waals surface area contributed by atoms with Gasteiger partial charge in [0.05, 0.1) is 38.0 Å². The summed E-state index contributed by atoms with van der Waals surface area (Å²) in [6.07, 6.45) is -5.49. The Hall–Kier alpha value is -11.9. The van der Waals surface area contributed by atoms with Gasteiger partial charge in [-0.1, -0.05) is 58.0 Å². The predicted molar refractivity (Wildman–Crippen MR) is 442 cm³/mol. The number of guanidine groups is 1. The van der Waals surface area contributed by atoms with Crippen LogP contribution in [-0.2, 0) is 102 Å². The summed E-state index contributed by atoms with van der Waals surface area (Å²) in [5, 5.41) is 82.1. The molecule has 0 aliphatic carbocycles. The standard InChI is InChI=1S/C75H124N22O25S/c1-37(2)30-48(63(110)84-36-56(101)86-43(18-11-13-26-76)65(112)93-50(32-41-16-9-8-10-17-41)69(116)90-47(74(121)122)22-24-58(104)105)91-68(115)49(31-38(3)4)92-70(117)51(33-54(79)99)94-71(118)52(34-55(80)100)95-72(119)53(35-59(106)107)96-66(113)44(19-12-14-27-77)89-73(120)60(40(6)98)97-67(114)46(25-29-123-7)87-61(108)39(5)85-64(111)45(20-15-28-83-75(81)82)88-62(109)42(78)21-23-57(102)103/h8-10,16-17,37-40,42-53,60,98H,11-15,18-36,76-78H2,1-7H3,(H2,79,99)(H2,80,100)(H,84,110)(H,85,111)(H,86,101)(H,87,108)(H,88,109)(H,89,120)(H,90,116)(H,91,115)(H,92,117)(H,93,112)(H,94,118)(H,95,119)(H,96,113)(H,97,114)(H,102,103)(H,104,105)(H,106,107)(H,121,122)(H4,81,82,83)/t39-,40+,42-,43-,44-,45-,46-,47-,48-,49-,50-,51-,52-,53-,60-/m0/s1. The van der Waals surface area contributed by atoms with Gasteiger partial charge in [0.15, 0.2) is 5.96 Å². The van der Waals surface area contributed by atoms with Crippen LogP contribution in [0.1, 0.15) is 163 Å². The second-order valence-electron chi connectivity index (χ2n) is 29.9. The molecule has 1 aromatic rings. The number of nitrogens with two attached hydrogens (primary N) is 7. The maximum Gasteiger partial charge on any atom is 0.326 e. The molecular formula is C75H124N22O25S. The molecule has 0 spiro atoms. The summed E-state index contributed by atoms with van der Waals surface area (Å²) < 4.78 is 0. The van der Waals surface area contributed by atoms with Crippen LogP contribution in [0.3, 0.4) is 0 Å². The Morgan fingerprint density at radius 2 is 0.789 bits per heavy atom. The van der Waals surface area contributed by atoms with Crippen LogP contribution in [0.25, 0.3) is 0 Å². The third-order valence-corrected chi connectivity index (χ3v) is 18.8. The van der Waals surface area contributed by atoms with Crippen molar-refractivity contribution in [2.24, 2.45) is 57.0 Å². The summed E-state index contributed by atoms with van der Waals surface area (Å²) in [5.74, 6) is -24.7. The molecule has 0 fully saturated rings. The molecule has 33 N–H and O–H groups in total. The van der Waals surface area contributed by atoms with Crippen LogP contribution in [0.15, 0.2) is 35.3 Å². The zero-order valence-corrected chi connectivity index (χ0v) is 70.8. The SMILES string of the molecule is CSCC[C@H](NC(=O)[C@H](C)NC(=O)[C@H](CCCN=C(N)N)NC(=O)[C@@H](N)CCC(=O)O)C(=O)N[C@H](C(=O)N[C@@H](CCCCN)C(=O)N[C@@H](CC(=O)O)C(=O)N[C@@H](CC(N)=O)C(=O)N[C@@H](CC(N)=O)C(=O)N[C@@H](CC(C)C)C(=O)N[C@@H](CC(C)C)C(=O)NCC(=O)N[C@@H](CCCCN)C(=O)N[C@@H](Cc1ccccc1)C(=O)N[C@@H](CCC(=O)O)C(=O)O)[C@@H](C)O. The average molecular weight is 1770 g/mol. The Labute approximate surface area is 714 Å². The zero-order chi connectivity index (χ0) is 93.3. The van der Waals surface area contributed by atoms with Gasteiger partial charge in [-0.05, 0) is 140 Å². The first-order valence-electron chi connectivity index (χ1n) is 39.8. The van der Waals surface area contributed by atoms with Crippen LogP contribution in [0, 0.1) is 11.8 Å². The first-order chi connectivity index (χ1) is 57.7. The number of aliphatic carboxylic acids is 4. The Balaban J connectivity index is 3.56. The van der Waals surface area contributed by atoms with Crippen molar-refractivity contribution in [1.82, 2.24) is 74.4 Å². The number of aliphatic imine (C=N–C) groups is 1. The smallest absolute Gasteiger partial charge is 0.326 e. The first kappa shape index (κ1) is 109. The summed E-state index contributed by atoms with van der Waals surface area (Å²) in [6, 6.07) is -15.1. The van der Waals surface area contributed by atoms with E-state index >= 15 is 0 Å². The van der Waals surface area contributed by atoms with Gasteiger partial charge in [-0.2, -0.15) is 11.8 Å². The number of carboxylic acid groups (broad SMARTS) is 4. The predicted octanol–water partition coefficient (Wildman–Crippen LogP) is -8.43. The van der Waals surface area contributed by atoms with E-state index in [0.717, 1.165) is 6.92 Å². The number of thioether (sulfide) groups is 1. The molecule has 0 aliphatic rings. The van der Waals surface area contributed by atoms with E-state index < -0.39 is 260 Å². The van der Waals surface area contributed by atoms with Crippen molar-refractivity contribution >= 4 is 136 Å². The fraction of sp³-hybridized carbons (Fsp3) is 0.640. The van der Waals surface area contributed by atoms with E-state index in [1.54, 1.807) is 64.3 Å². The molecule has 0 aliphatic heterocycles. The van der Waals surface area contributed by atoms with Crippen LogP contribution in [0.4, 0.5) is 0 Å². The molecule has 123 heavy (non-hydrogen) atoms. The van der Waals surface area contributed by atoms with E-state index in [4.69, 9.17) is 45.2 Å². The van der Waals surface area contributed by atoms with Gasteiger partial charge < -0.3 is 140 Å². The summed E-state index contributed by atoms with van der Waals surface area (Å²) in [4.78, 5) is 271. The van der Waals surface area contributed by atoms with Gasteiger partial charge in [0.25, 0.3) is 0 Å². The summed E-state index contributed by atoms with van der Waals surface area (Å²) >= 11 is 1.23. The van der Waals surface area contributed by atoms with Crippen molar-refractivity contribution in [2.75, 3.05) is 38.2 Å². The largest absolute Gasteiger partial charge is 0.481 e. The second kappa shape index (κ2) is 58.2. The molecule has 0 radical (unpaired) electrons. The molecule has 0 heterocycles. The number of rotatable bonds is 63. The lowest BCUT2D eigenvalue weighted by atomic mass is 9.99. The number of primary amides is 2. The highest BCUT2D eigenvalue weighted by atomic mass is 32.2. The van der Waals surface area contributed by atoms with Crippen molar-refractivity contribution in [3.8, 4) is 0 Å². The molecule has 1 aromatic carbocycles. The molecular weight excluding hydrogens is 1640 g/mol. The molecule has 690 valence electrons. The molecule has 0 saturated carbocycles. The van der Waals surface area contributed by atoms with E-state index in [0.29, 0.717) is 12.0 Å². The monoisotopic (exact) mass is 1760 g/mol. The van der Waals surface area contributed by atoms with Gasteiger partial charge in [0.1, 0.15) is 78.5 Å². The molecule has 47 nitrogen and oxygen atoms in total. The lowest BCUT2D eigenvalue weighted by Crippen LogP contribution is -2.62. The fourth-order valence-electron chi connectivity index (χ4n) is 11.7. The molecule has 0 unspecified atom stereocenters. The van der Waals surface area contributed by atoms with Crippen molar-refractivity contribution in [3.63, 3.8) is 0 Å². The van der Waals surface area contributed by atoms with Gasteiger partial charge in [0, 0.05) is 25.8 Å². The van der Waals surface area contributed by atoms with Gasteiger partial charge in [-0.15, -0.1) is 0 Å². The normalized spacial score (nSPS) is 14.7. The Kier molecular flexibility index (Phi) is 51.6. The number of unbranched alkanes of at least 4 members (excludes halogenated alkanes) is 2. The van der Waals surface area contributed by atoms with Crippen molar-refractivity contribution in [3.05, 3.63) is 35.9 Å². The van der Waals surface area contributed by atoms with Gasteiger partial charge >= 0.3 is 23.9 Å². The Bertz CT molecular complexity index is 3780. The van der Waals surface area contributed by atoms with E-state index in [2.05, 4.69) is 79.4 Å². The van der Waals surface area contributed by atoms with E-state index in [1.807, 2.05) is 0 Å². The van der Waals surface area contributed by atoms with Crippen molar-refractivity contribution in [2.45, 2.75) is 254 Å².